The third-order valence-corrected chi connectivity index (χ3v) is 4.39. The van der Waals surface area contributed by atoms with Gasteiger partial charge in [-0.1, -0.05) is 6.92 Å². The van der Waals surface area contributed by atoms with Crippen LogP contribution in [0.4, 0.5) is 34.6 Å². The lowest BCUT2D eigenvalue weighted by Crippen LogP contribution is -2.16. The molecule has 10 heteroatoms. The van der Waals surface area contributed by atoms with Crippen molar-refractivity contribution in [1.29, 1.82) is 0 Å². The van der Waals surface area contributed by atoms with Crippen LogP contribution in [-0.4, -0.2) is 19.2 Å². The summed E-state index contributed by atoms with van der Waals surface area (Å²) in [4.78, 5) is 2.45. The Balaban J connectivity index is 2.22. The second-order valence-corrected chi connectivity index (χ2v) is 6.66. The first-order valence-corrected chi connectivity index (χ1v) is 8.46. The normalized spacial score (nSPS) is 11.4. The quantitative estimate of drug-likeness (QED) is 0.608. The minimum Gasteiger partial charge on any atom is -0.350 e. The SMILES string of the molecule is CCCS(=O)(=O)Nc1ccc(Nc2c(F)c(F)nc(F)c2F)cc1. The monoisotopic (exact) mass is 363 g/mol. The molecule has 0 spiro atoms. The molecule has 1 heterocycles. The molecule has 2 aromatic rings. The molecule has 1 aromatic heterocycles. The molecule has 0 radical (unpaired) electrons. The van der Waals surface area contributed by atoms with Crippen molar-refractivity contribution in [3.63, 3.8) is 0 Å². The van der Waals surface area contributed by atoms with Crippen LogP contribution < -0.4 is 10.0 Å². The number of rotatable bonds is 6. The molecule has 0 fully saturated rings. The fourth-order valence-electron chi connectivity index (χ4n) is 1.86. The topological polar surface area (TPSA) is 71.1 Å². The lowest BCUT2D eigenvalue weighted by Gasteiger charge is -2.11. The number of hydrogen-bond acceptors (Lipinski definition) is 4. The van der Waals surface area contributed by atoms with Crippen molar-refractivity contribution in [1.82, 2.24) is 4.98 Å². The van der Waals surface area contributed by atoms with Crippen LogP contribution in [0.5, 0.6) is 0 Å². The van der Waals surface area contributed by atoms with Crippen molar-refractivity contribution in [2.75, 3.05) is 15.8 Å². The summed E-state index contributed by atoms with van der Waals surface area (Å²) in [5.41, 5.74) is -0.697. The van der Waals surface area contributed by atoms with Gasteiger partial charge in [-0.05, 0) is 30.7 Å². The number of anilines is 3. The highest BCUT2D eigenvalue weighted by Gasteiger charge is 2.20. The van der Waals surface area contributed by atoms with E-state index in [4.69, 9.17) is 0 Å². The van der Waals surface area contributed by atoms with Gasteiger partial charge in [0.05, 0.1) is 5.75 Å². The highest BCUT2D eigenvalue weighted by molar-refractivity contribution is 7.92. The van der Waals surface area contributed by atoms with Crippen LogP contribution in [0.15, 0.2) is 24.3 Å². The van der Waals surface area contributed by atoms with E-state index in [-0.39, 0.29) is 17.1 Å². The number of halogens is 4. The molecule has 2 rings (SSSR count). The van der Waals surface area contributed by atoms with Crippen LogP contribution in [-0.2, 0) is 10.0 Å². The first-order chi connectivity index (χ1) is 11.2. The first-order valence-electron chi connectivity index (χ1n) is 6.81. The van der Waals surface area contributed by atoms with Crippen molar-refractivity contribution >= 4 is 27.1 Å². The maximum atomic E-state index is 13.5. The van der Waals surface area contributed by atoms with Gasteiger partial charge in [0, 0.05) is 11.4 Å². The van der Waals surface area contributed by atoms with Crippen LogP contribution in [0.1, 0.15) is 13.3 Å². The number of pyridine rings is 1. The molecule has 5 nitrogen and oxygen atoms in total. The Bertz CT molecular complexity index is 816. The molecule has 0 amide bonds. The number of benzene rings is 1. The second kappa shape index (κ2) is 7.04. The Morgan fingerprint density at radius 1 is 0.958 bits per heavy atom. The van der Waals surface area contributed by atoms with Crippen LogP contribution >= 0.6 is 0 Å². The van der Waals surface area contributed by atoms with Gasteiger partial charge in [0.1, 0.15) is 5.69 Å². The average molecular weight is 363 g/mol. The van der Waals surface area contributed by atoms with Crippen molar-refractivity contribution in [3.05, 3.63) is 47.8 Å². The second-order valence-electron chi connectivity index (χ2n) is 4.82. The van der Waals surface area contributed by atoms with E-state index in [2.05, 4.69) is 15.0 Å². The molecule has 0 aliphatic rings. The summed E-state index contributed by atoms with van der Waals surface area (Å²) in [6.45, 7) is 1.71. The van der Waals surface area contributed by atoms with Gasteiger partial charge in [-0.2, -0.15) is 22.5 Å². The summed E-state index contributed by atoms with van der Waals surface area (Å²) in [6.07, 6.45) is 0.437. The summed E-state index contributed by atoms with van der Waals surface area (Å²) in [5.74, 6) is -6.94. The van der Waals surface area contributed by atoms with Gasteiger partial charge < -0.3 is 5.32 Å². The van der Waals surface area contributed by atoms with E-state index in [0.29, 0.717) is 6.42 Å². The molecule has 0 saturated heterocycles. The number of nitrogens with one attached hydrogen (secondary N) is 2. The zero-order chi connectivity index (χ0) is 17.9. The van der Waals surface area contributed by atoms with Crippen molar-refractivity contribution in [2.45, 2.75) is 13.3 Å². The molecule has 0 atom stereocenters. The van der Waals surface area contributed by atoms with Gasteiger partial charge in [-0.25, -0.2) is 8.42 Å². The Hall–Kier alpha value is -2.36. The van der Waals surface area contributed by atoms with Gasteiger partial charge >= 0.3 is 0 Å². The van der Waals surface area contributed by atoms with E-state index in [1.807, 2.05) is 0 Å². The Morgan fingerprint density at radius 3 is 1.96 bits per heavy atom. The fourth-order valence-corrected chi connectivity index (χ4v) is 3.00. The lowest BCUT2D eigenvalue weighted by atomic mass is 10.2. The summed E-state index contributed by atoms with van der Waals surface area (Å²) in [6, 6.07) is 5.25. The molecule has 0 aliphatic carbocycles. The lowest BCUT2D eigenvalue weighted by molar-refractivity contribution is 0.411. The van der Waals surface area contributed by atoms with Gasteiger partial charge in [0.2, 0.25) is 21.7 Å². The van der Waals surface area contributed by atoms with Crippen LogP contribution in [0.25, 0.3) is 0 Å². The Labute approximate surface area is 135 Å². The predicted molar refractivity (Wildman–Crippen MR) is 81.5 cm³/mol. The number of sulfonamides is 1. The van der Waals surface area contributed by atoms with E-state index in [0.717, 1.165) is 0 Å². The predicted octanol–water partition coefficient (Wildman–Crippen LogP) is 3.53. The van der Waals surface area contributed by atoms with Crippen LogP contribution in [0, 0.1) is 23.5 Å². The number of nitrogens with zero attached hydrogens (tertiary/aromatic N) is 1. The van der Waals surface area contributed by atoms with E-state index in [1.54, 1.807) is 6.92 Å². The van der Waals surface area contributed by atoms with Gasteiger partial charge in [-0.3, -0.25) is 4.72 Å². The van der Waals surface area contributed by atoms with E-state index < -0.39 is 39.2 Å². The van der Waals surface area contributed by atoms with Gasteiger partial charge in [-0.15, -0.1) is 0 Å². The average Bonchev–Trinajstić information content (AvgIpc) is 2.51. The molecule has 2 N–H and O–H groups in total. The van der Waals surface area contributed by atoms with Crippen LogP contribution in [0.3, 0.4) is 0 Å². The maximum absolute atomic E-state index is 13.5. The first kappa shape index (κ1) is 18.0. The van der Waals surface area contributed by atoms with Gasteiger partial charge in [0.15, 0.2) is 0 Å². The zero-order valence-corrected chi connectivity index (χ0v) is 13.2. The van der Waals surface area contributed by atoms with Gasteiger partial charge in [0.25, 0.3) is 11.9 Å². The molecule has 0 saturated carbocycles. The fraction of sp³-hybridized carbons (Fsp3) is 0.214. The van der Waals surface area contributed by atoms with Crippen molar-refractivity contribution < 1.29 is 26.0 Å². The molecule has 0 bridgehead atoms. The Morgan fingerprint density at radius 2 is 1.46 bits per heavy atom. The molecule has 0 unspecified atom stereocenters. The summed E-state index contributed by atoms with van der Waals surface area (Å²) < 4.78 is 78.7. The zero-order valence-electron chi connectivity index (χ0n) is 12.4. The van der Waals surface area contributed by atoms with Crippen molar-refractivity contribution in [2.24, 2.45) is 0 Å². The third-order valence-electron chi connectivity index (χ3n) is 2.90. The maximum Gasteiger partial charge on any atom is 0.253 e. The third kappa shape index (κ3) is 4.13. The minimum atomic E-state index is -3.48. The van der Waals surface area contributed by atoms with Crippen molar-refractivity contribution in [3.8, 4) is 0 Å². The largest absolute Gasteiger partial charge is 0.350 e. The molecule has 0 aliphatic heterocycles. The van der Waals surface area contributed by atoms with E-state index >= 15 is 0 Å². The molecular weight excluding hydrogens is 350 g/mol. The summed E-state index contributed by atoms with van der Waals surface area (Å²) >= 11 is 0. The molecule has 1 aromatic carbocycles. The minimum absolute atomic E-state index is 0.0566. The number of hydrogen-bond donors (Lipinski definition) is 2. The molecular formula is C14H13F4N3O2S. The highest BCUT2D eigenvalue weighted by atomic mass is 32.2. The van der Waals surface area contributed by atoms with E-state index in [9.17, 15) is 26.0 Å². The summed E-state index contributed by atoms with van der Waals surface area (Å²) in [5, 5.41) is 2.19. The summed E-state index contributed by atoms with van der Waals surface area (Å²) in [7, 11) is -3.48. The smallest absolute Gasteiger partial charge is 0.253 e. The highest BCUT2D eigenvalue weighted by Crippen LogP contribution is 2.26. The van der Waals surface area contributed by atoms with Crippen LogP contribution in [0.2, 0.25) is 0 Å². The number of aromatic nitrogens is 1. The van der Waals surface area contributed by atoms with E-state index in [1.165, 1.54) is 24.3 Å². The Kier molecular flexibility index (Phi) is 5.27. The molecule has 24 heavy (non-hydrogen) atoms. The standard InChI is InChI=1S/C14H13F4N3O2S/c1-2-7-24(22,23)21-9-5-3-8(4-6-9)19-12-10(15)13(17)20-14(18)11(12)16/h3-6,21H,2,7H2,1H3,(H,19,20). The molecule has 130 valence electrons.